The molecule has 1 rings (SSSR count). The van der Waals surface area contributed by atoms with Gasteiger partial charge in [-0.3, -0.25) is 4.68 Å². The Morgan fingerprint density at radius 2 is 2.31 bits per heavy atom. The first-order valence-electron chi connectivity index (χ1n) is 6.40. The van der Waals surface area contributed by atoms with Crippen LogP contribution in [0.2, 0.25) is 0 Å². The molecule has 0 fully saturated rings. The number of aryl methyl sites for hydroxylation is 2. The van der Waals surface area contributed by atoms with Gasteiger partial charge in [-0.25, -0.2) is 0 Å². The summed E-state index contributed by atoms with van der Waals surface area (Å²) in [6.07, 6.45) is 9.00. The fourth-order valence-corrected chi connectivity index (χ4v) is 1.96. The van der Waals surface area contributed by atoms with Gasteiger partial charge in [0.2, 0.25) is 0 Å². The van der Waals surface area contributed by atoms with Crippen LogP contribution >= 0.6 is 0 Å². The molecular weight excluding hydrogens is 198 g/mol. The molecule has 0 saturated carbocycles. The normalized spacial score (nSPS) is 12.9. The third-order valence-electron chi connectivity index (χ3n) is 2.85. The molecule has 0 spiro atoms. The molecular formula is C13H25N3. The Bertz CT molecular complexity index is 280. The van der Waals surface area contributed by atoms with Crippen molar-refractivity contribution >= 4 is 0 Å². The number of nitrogens with one attached hydrogen (secondary N) is 1. The predicted molar refractivity (Wildman–Crippen MR) is 68.5 cm³/mol. The van der Waals surface area contributed by atoms with Crippen molar-refractivity contribution < 1.29 is 0 Å². The summed E-state index contributed by atoms with van der Waals surface area (Å²) >= 11 is 0. The molecule has 0 amide bonds. The van der Waals surface area contributed by atoms with Crippen LogP contribution in [-0.2, 0) is 13.5 Å². The summed E-state index contributed by atoms with van der Waals surface area (Å²) in [6, 6.07) is 0. The van der Waals surface area contributed by atoms with Crippen LogP contribution in [0.25, 0.3) is 0 Å². The number of hydrogen-bond acceptors (Lipinski definition) is 2. The van der Waals surface area contributed by atoms with Gasteiger partial charge in [0.15, 0.2) is 0 Å². The number of rotatable bonds is 8. The Labute approximate surface area is 99.2 Å². The zero-order valence-corrected chi connectivity index (χ0v) is 10.9. The van der Waals surface area contributed by atoms with Crippen LogP contribution < -0.4 is 5.32 Å². The van der Waals surface area contributed by atoms with Crippen molar-refractivity contribution in [2.45, 2.75) is 39.5 Å². The summed E-state index contributed by atoms with van der Waals surface area (Å²) in [4.78, 5) is 0. The molecule has 0 aliphatic heterocycles. The van der Waals surface area contributed by atoms with Crippen LogP contribution in [0.5, 0.6) is 0 Å². The lowest BCUT2D eigenvalue weighted by molar-refractivity contribution is 0.473. The maximum Gasteiger partial charge on any atom is 0.0521 e. The van der Waals surface area contributed by atoms with Gasteiger partial charge in [-0.15, -0.1) is 0 Å². The highest BCUT2D eigenvalue weighted by Gasteiger charge is 2.00. The lowest BCUT2D eigenvalue weighted by Crippen LogP contribution is -2.22. The average Bonchev–Trinajstić information content (AvgIpc) is 2.64. The van der Waals surface area contributed by atoms with E-state index in [4.69, 9.17) is 0 Å². The molecule has 92 valence electrons. The van der Waals surface area contributed by atoms with E-state index >= 15 is 0 Å². The van der Waals surface area contributed by atoms with Crippen LogP contribution in [0.4, 0.5) is 0 Å². The van der Waals surface area contributed by atoms with Crippen LogP contribution in [0.3, 0.4) is 0 Å². The second kappa shape index (κ2) is 7.44. The minimum absolute atomic E-state index is 0.809. The first kappa shape index (κ1) is 13.2. The number of aromatic nitrogens is 2. The van der Waals surface area contributed by atoms with Crippen molar-refractivity contribution in [3.63, 3.8) is 0 Å². The second-order valence-corrected chi connectivity index (χ2v) is 4.72. The Kier molecular flexibility index (Phi) is 6.16. The van der Waals surface area contributed by atoms with Crippen molar-refractivity contribution in [3.05, 3.63) is 18.0 Å². The third kappa shape index (κ3) is 5.31. The molecule has 1 aromatic rings. The Morgan fingerprint density at radius 1 is 1.50 bits per heavy atom. The molecule has 3 nitrogen and oxygen atoms in total. The van der Waals surface area contributed by atoms with Gasteiger partial charge in [-0.2, -0.15) is 5.10 Å². The molecule has 0 radical (unpaired) electrons. The summed E-state index contributed by atoms with van der Waals surface area (Å²) < 4.78 is 1.87. The van der Waals surface area contributed by atoms with Gasteiger partial charge >= 0.3 is 0 Å². The van der Waals surface area contributed by atoms with Crippen LogP contribution in [-0.4, -0.2) is 22.9 Å². The van der Waals surface area contributed by atoms with Crippen molar-refractivity contribution in [2.75, 3.05) is 13.1 Å². The Morgan fingerprint density at radius 3 is 2.94 bits per heavy atom. The summed E-state index contributed by atoms with van der Waals surface area (Å²) in [5.74, 6) is 0.809. The molecule has 0 bridgehead atoms. The van der Waals surface area contributed by atoms with Crippen molar-refractivity contribution in [1.29, 1.82) is 0 Å². The van der Waals surface area contributed by atoms with Gasteiger partial charge in [0, 0.05) is 13.2 Å². The number of hydrogen-bond donors (Lipinski definition) is 1. The quantitative estimate of drug-likeness (QED) is 0.686. The van der Waals surface area contributed by atoms with E-state index in [2.05, 4.69) is 30.5 Å². The lowest BCUT2D eigenvalue weighted by atomic mass is 10.1. The third-order valence-corrected chi connectivity index (χ3v) is 2.85. The first-order chi connectivity index (χ1) is 7.72. The van der Waals surface area contributed by atoms with Crippen molar-refractivity contribution in [1.82, 2.24) is 15.1 Å². The van der Waals surface area contributed by atoms with Gasteiger partial charge in [0.25, 0.3) is 0 Å². The van der Waals surface area contributed by atoms with E-state index in [0.29, 0.717) is 0 Å². The second-order valence-electron chi connectivity index (χ2n) is 4.72. The topological polar surface area (TPSA) is 29.9 Å². The molecule has 3 heteroatoms. The van der Waals surface area contributed by atoms with E-state index in [0.717, 1.165) is 25.4 Å². The zero-order valence-electron chi connectivity index (χ0n) is 10.9. The van der Waals surface area contributed by atoms with Crippen LogP contribution in [0.15, 0.2) is 12.4 Å². The highest BCUT2D eigenvalue weighted by atomic mass is 15.2. The van der Waals surface area contributed by atoms with Crippen LogP contribution in [0, 0.1) is 5.92 Å². The summed E-state index contributed by atoms with van der Waals surface area (Å²) in [5.41, 5.74) is 1.34. The highest BCUT2D eigenvalue weighted by Crippen LogP contribution is 2.03. The van der Waals surface area contributed by atoms with Crippen molar-refractivity contribution in [3.8, 4) is 0 Å². The molecule has 0 aromatic carbocycles. The maximum absolute atomic E-state index is 4.16. The van der Waals surface area contributed by atoms with E-state index in [-0.39, 0.29) is 0 Å². The first-order valence-corrected chi connectivity index (χ1v) is 6.40. The highest BCUT2D eigenvalue weighted by molar-refractivity contribution is 5.03. The molecule has 1 unspecified atom stereocenters. The Hall–Kier alpha value is -0.830. The van der Waals surface area contributed by atoms with Crippen LogP contribution in [0.1, 0.15) is 38.7 Å². The minimum Gasteiger partial charge on any atom is -0.316 e. The fourth-order valence-electron chi connectivity index (χ4n) is 1.96. The SMILES string of the molecule is CCCC(C)CNCCCc1cnn(C)c1. The summed E-state index contributed by atoms with van der Waals surface area (Å²) in [6.45, 7) is 6.83. The molecule has 1 heterocycles. The molecule has 0 aliphatic rings. The van der Waals surface area contributed by atoms with Gasteiger partial charge in [0.1, 0.15) is 0 Å². The average molecular weight is 223 g/mol. The molecule has 16 heavy (non-hydrogen) atoms. The van der Waals surface area contributed by atoms with E-state index in [1.807, 2.05) is 17.9 Å². The van der Waals surface area contributed by atoms with Crippen molar-refractivity contribution in [2.24, 2.45) is 13.0 Å². The van der Waals surface area contributed by atoms with Gasteiger partial charge in [-0.05, 0) is 43.8 Å². The lowest BCUT2D eigenvalue weighted by Gasteiger charge is -2.10. The van der Waals surface area contributed by atoms with E-state index in [1.165, 1.54) is 24.8 Å². The van der Waals surface area contributed by atoms with E-state index in [1.54, 1.807) is 0 Å². The summed E-state index contributed by atoms with van der Waals surface area (Å²) in [5, 5.41) is 7.68. The molecule has 1 N–H and O–H groups in total. The smallest absolute Gasteiger partial charge is 0.0521 e. The van der Waals surface area contributed by atoms with E-state index in [9.17, 15) is 0 Å². The largest absolute Gasteiger partial charge is 0.316 e. The molecule has 0 aliphatic carbocycles. The molecule has 0 saturated heterocycles. The predicted octanol–water partition coefficient (Wildman–Crippen LogP) is 2.38. The number of nitrogens with zero attached hydrogens (tertiary/aromatic N) is 2. The molecule has 1 aromatic heterocycles. The maximum atomic E-state index is 4.16. The standard InChI is InChI=1S/C13H25N3/c1-4-6-12(2)9-14-8-5-7-13-10-15-16(3)11-13/h10-12,14H,4-9H2,1-3H3. The monoisotopic (exact) mass is 223 g/mol. The summed E-state index contributed by atoms with van der Waals surface area (Å²) in [7, 11) is 1.97. The van der Waals surface area contributed by atoms with Gasteiger partial charge < -0.3 is 5.32 Å². The molecule has 1 atom stereocenters. The Balaban J connectivity index is 2.00. The van der Waals surface area contributed by atoms with E-state index < -0.39 is 0 Å². The van der Waals surface area contributed by atoms with Gasteiger partial charge in [0.05, 0.1) is 6.20 Å². The fraction of sp³-hybridized carbons (Fsp3) is 0.769. The zero-order chi connectivity index (χ0) is 11.8. The van der Waals surface area contributed by atoms with Gasteiger partial charge in [-0.1, -0.05) is 20.3 Å². The minimum atomic E-state index is 0.809.